The Kier molecular flexibility index (Phi) is 4.32. The molecule has 104 valence electrons. The summed E-state index contributed by atoms with van der Waals surface area (Å²) < 4.78 is 17.7. The van der Waals surface area contributed by atoms with Crippen LogP contribution >= 0.6 is 0 Å². The van der Waals surface area contributed by atoms with E-state index < -0.39 is 0 Å². The third kappa shape index (κ3) is 3.13. The first-order valence-electron chi connectivity index (χ1n) is 6.08. The van der Waals surface area contributed by atoms with Crippen molar-refractivity contribution < 1.29 is 13.9 Å². The molecule has 2 aromatic carbocycles. The molecule has 0 fully saturated rings. The molecule has 3 N–H and O–H groups in total. The first-order chi connectivity index (χ1) is 9.63. The van der Waals surface area contributed by atoms with Crippen molar-refractivity contribution >= 4 is 17.3 Å². The second kappa shape index (κ2) is 6.16. The van der Waals surface area contributed by atoms with Gasteiger partial charge in [0.25, 0.3) is 0 Å². The van der Waals surface area contributed by atoms with Crippen LogP contribution in [0.3, 0.4) is 0 Å². The summed E-state index contributed by atoms with van der Waals surface area (Å²) in [5.74, 6) is -0.710. The van der Waals surface area contributed by atoms with Crippen LogP contribution in [-0.2, 0) is 11.3 Å². The molecule has 0 saturated carbocycles. The Labute approximate surface area is 116 Å². The van der Waals surface area contributed by atoms with E-state index in [4.69, 9.17) is 5.73 Å². The minimum absolute atomic E-state index is 0.236. The van der Waals surface area contributed by atoms with Crippen LogP contribution < -0.4 is 11.1 Å². The molecule has 0 bridgehead atoms. The quantitative estimate of drug-likeness (QED) is 0.841. The van der Waals surface area contributed by atoms with Crippen molar-refractivity contribution in [3.63, 3.8) is 0 Å². The van der Waals surface area contributed by atoms with E-state index >= 15 is 0 Å². The molecule has 0 atom stereocenters. The summed E-state index contributed by atoms with van der Waals surface area (Å²) in [5.41, 5.74) is 8.25. The molecule has 0 aliphatic carbocycles. The molecule has 2 rings (SSSR count). The van der Waals surface area contributed by atoms with Gasteiger partial charge in [0.15, 0.2) is 0 Å². The summed E-state index contributed by atoms with van der Waals surface area (Å²) in [6.45, 7) is 0.236. The molecule has 0 radical (unpaired) electrons. The van der Waals surface area contributed by atoms with Gasteiger partial charge in [0.05, 0.1) is 12.7 Å². The lowest BCUT2D eigenvalue weighted by molar-refractivity contribution is 0.0601. The monoisotopic (exact) mass is 274 g/mol. The predicted molar refractivity (Wildman–Crippen MR) is 75.4 cm³/mol. The zero-order chi connectivity index (χ0) is 14.5. The lowest BCUT2D eigenvalue weighted by Gasteiger charge is -2.11. The fourth-order valence-corrected chi connectivity index (χ4v) is 1.82. The first kappa shape index (κ1) is 14.0. The van der Waals surface area contributed by atoms with E-state index in [0.717, 1.165) is 11.4 Å². The highest BCUT2D eigenvalue weighted by atomic mass is 19.1. The molecule has 0 unspecified atom stereocenters. The van der Waals surface area contributed by atoms with Crippen LogP contribution in [0.2, 0.25) is 0 Å². The minimum atomic E-state index is -0.388. The Morgan fingerprint density at radius 2 is 1.95 bits per heavy atom. The van der Waals surface area contributed by atoms with Gasteiger partial charge < -0.3 is 15.8 Å². The van der Waals surface area contributed by atoms with E-state index in [9.17, 15) is 9.18 Å². The number of nitrogens with two attached hydrogens (primary N) is 1. The molecule has 0 spiro atoms. The number of benzene rings is 2. The minimum Gasteiger partial charge on any atom is -0.465 e. The van der Waals surface area contributed by atoms with Crippen molar-refractivity contribution in [3.05, 3.63) is 59.4 Å². The number of hydrogen-bond donors (Lipinski definition) is 2. The fraction of sp³-hybridized carbons (Fsp3) is 0.133. The van der Waals surface area contributed by atoms with Crippen LogP contribution in [0.4, 0.5) is 15.8 Å². The second-order valence-electron chi connectivity index (χ2n) is 4.20. The van der Waals surface area contributed by atoms with E-state index in [1.807, 2.05) is 0 Å². The number of rotatable bonds is 4. The maximum atomic E-state index is 13.1. The van der Waals surface area contributed by atoms with Crippen molar-refractivity contribution in [1.82, 2.24) is 0 Å². The second-order valence-corrected chi connectivity index (χ2v) is 4.20. The van der Waals surface area contributed by atoms with Crippen molar-refractivity contribution in [2.75, 3.05) is 12.4 Å². The standard InChI is InChI=1S/C15H15FN2O2/c1-20-15(19)10-2-5-13(6-3-10)18-14-7-4-12(16)8-11(14)9-17/h2-8,18H,9,17H2,1H3. The molecule has 0 saturated heterocycles. The Balaban J connectivity index is 2.20. The molecule has 0 aromatic heterocycles. The molecule has 2 aromatic rings. The van der Waals surface area contributed by atoms with Gasteiger partial charge in [-0.05, 0) is 48.0 Å². The van der Waals surface area contributed by atoms with Crippen molar-refractivity contribution in [1.29, 1.82) is 0 Å². The third-order valence-corrected chi connectivity index (χ3v) is 2.87. The van der Waals surface area contributed by atoms with Crippen LogP contribution in [0.15, 0.2) is 42.5 Å². The smallest absolute Gasteiger partial charge is 0.337 e. The maximum absolute atomic E-state index is 13.1. The third-order valence-electron chi connectivity index (χ3n) is 2.87. The Morgan fingerprint density at radius 3 is 2.55 bits per heavy atom. The van der Waals surface area contributed by atoms with E-state index in [-0.39, 0.29) is 18.3 Å². The van der Waals surface area contributed by atoms with Crippen LogP contribution in [0, 0.1) is 5.82 Å². The predicted octanol–water partition coefficient (Wildman–Crippen LogP) is 2.81. The molecular formula is C15H15FN2O2. The summed E-state index contributed by atoms with van der Waals surface area (Å²) in [6, 6.07) is 11.2. The van der Waals surface area contributed by atoms with E-state index in [2.05, 4.69) is 10.1 Å². The SMILES string of the molecule is COC(=O)c1ccc(Nc2ccc(F)cc2CN)cc1. The summed E-state index contributed by atoms with van der Waals surface area (Å²) in [6.07, 6.45) is 0. The van der Waals surface area contributed by atoms with Crippen molar-refractivity contribution in [2.45, 2.75) is 6.54 Å². The zero-order valence-corrected chi connectivity index (χ0v) is 11.0. The number of hydrogen-bond acceptors (Lipinski definition) is 4. The average molecular weight is 274 g/mol. The summed E-state index contributed by atoms with van der Waals surface area (Å²) in [5, 5.41) is 3.14. The van der Waals surface area contributed by atoms with Crippen molar-refractivity contribution in [2.24, 2.45) is 5.73 Å². The lowest BCUT2D eigenvalue weighted by atomic mass is 10.1. The van der Waals surface area contributed by atoms with Crippen LogP contribution in [0.5, 0.6) is 0 Å². The van der Waals surface area contributed by atoms with Gasteiger partial charge in [0.1, 0.15) is 5.82 Å². The van der Waals surface area contributed by atoms with Gasteiger partial charge in [0, 0.05) is 17.9 Å². The fourth-order valence-electron chi connectivity index (χ4n) is 1.82. The molecule has 0 amide bonds. The van der Waals surface area contributed by atoms with E-state index in [0.29, 0.717) is 11.1 Å². The molecule has 0 heterocycles. The molecule has 0 aliphatic rings. The zero-order valence-electron chi connectivity index (χ0n) is 11.0. The average Bonchev–Trinajstić information content (AvgIpc) is 2.49. The van der Waals surface area contributed by atoms with E-state index in [1.165, 1.54) is 19.2 Å². The Bertz CT molecular complexity index is 612. The molecule has 20 heavy (non-hydrogen) atoms. The molecule has 4 nitrogen and oxygen atoms in total. The summed E-state index contributed by atoms with van der Waals surface area (Å²) >= 11 is 0. The number of methoxy groups -OCH3 is 1. The molecule has 0 aliphatic heterocycles. The topological polar surface area (TPSA) is 64.3 Å². The summed E-state index contributed by atoms with van der Waals surface area (Å²) in [4.78, 5) is 11.3. The Hall–Kier alpha value is -2.40. The van der Waals surface area contributed by atoms with Crippen LogP contribution in [0.25, 0.3) is 0 Å². The highest BCUT2D eigenvalue weighted by Gasteiger charge is 2.06. The Morgan fingerprint density at radius 1 is 1.25 bits per heavy atom. The van der Waals surface area contributed by atoms with Crippen molar-refractivity contribution in [3.8, 4) is 0 Å². The maximum Gasteiger partial charge on any atom is 0.337 e. The van der Waals surface area contributed by atoms with Crippen LogP contribution in [-0.4, -0.2) is 13.1 Å². The van der Waals surface area contributed by atoms with Gasteiger partial charge >= 0.3 is 5.97 Å². The van der Waals surface area contributed by atoms with Gasteiger partial charge in [-0.2, -0.15) is 0 Å². The first-order valence-corrected chi connectivity index (χ1v) is 6.08. The number of nitrogens with one attached hydrogen (secondary N) is 1. The number of carbonyl (C=O) groups excluding carboxylic acids is 1. The summed E-state index contributed by atoms with van der Waals surface area (Å²) in [7, 11) is 1.33. The normalized spacial score (nSPS) is 10.2. The highest BCUT2D eigenvalue weighted by molar-refractivity contribution is 5.89. The highest BCUT2D eigenvalue weighted by Crippen LogP contribution is 2.22. The van der Waals surface area contributed by atoms with Gasteiger partial charge in [-0.15, -0.1) is 0 Å². The van der Waals surface area contributed by atoms with Gasteiger partial charge in [0.2, 0.25) is 0 Å². The van der Waals surface area contributed by atoms with Crippen LogP contribution in [0.1, 0.15) is 15.9 Å². The number of carbonyl (C=O) groups is 1. The number of esters is 1. The van der Waals surface area contributed by atoms with Gasteiger partial charge in [-0.25, -0.2) is 9.18 Å². The number of anilines is 2. The number of ether oxygens (including phenoxy) is 1. The molecule has 5 heteroatoms. The lowest BCUT2D eigenvalue weighted by Crippen LogP contribution is -2.03. The number of halogens is 1. The van der Waals surface area contributed by atoms with Gasteiger partial charge in [-0.3, -0.25) is 0 Å². The van der Waals surface area contributed by atoms with E-state index in [1.54, 1.807) is 30.3 Å². The molecular weight excluding hydrogens is 259 g/mol. The largest absolute Gasteiger partial charge is 0.465 e. The van der Waals surface area contributed by atoms with Gasteiger partial charge in [-0.1, -0.05) is 0 Å².